The van der Waals surface area contributed by atoms with Crippen LogP contribution < -0.4 is 15.4 Å². The largest absolute Gasteiger partial charge is 0.476 e. The van der Waals surface area contributed by atoms with Crippen LogP contribution in [0.15, 0.2) is 24.3 Å². The summed E-state index contributed by atoms with van der Waals surface area (Å²) in [5, 5.41) is 5.95. The van der Waals surface area contributed by atoms with Crippen LogP contribution in [0.2, 0.25) is 0 Å². The summed E-state index contributed by atoms with van der Waals surface area (Å²) in [5.74, 6) is 0.171. The molecular formula is C21H34N2O4. The zero-order valence-corrected chi connectivity index (χ0v) is 17.6. The van der Waals surface area contributed by atoms with Crippen LogP contribution in [-0.4, -0.2) is 29.7 Å². The minimum Gasteiger partial charge on any atom is -0.476 e. The van der Waals surface area contributed by atoms with Crippen molar-refractivity contribution in [1.29, 1.82) is 0 Å². The van der Waals surface area contributed by atoms with Crippen molar-refractivity contribution in [2.24, 2.45) is 0 Å². The van der Waals surface area contributed by atoms with Gasteiger partial charge in [0, 0.05) is 5.54 Å². The summed E-state index contributed by atoms with van der Waals surface area (Å²) in [6.45, 7) is 13.3. The molecule has 0 aromatic heterocycles. The summed E-state index contributed by atoms with van der Waals surface area (Å²) in [4.78, 5) is 24.2. The quantitative estimate of drug-likeness (QED) is 0.660. The molecule has 0 heterocycles. The van der Waals surface area contributed by atoms with Crippen LogP contribution in [0.3, 0.4) is 0 Å². The van der Waals surface area contributed by atoms with Crippen molar-refractivity contribution in [2.75, 3.05) is 6.61 Å². The van der Waals surface area contributed by atoms with E-state index in [0.717, 1.165) is 18.4 Å². The maximum atomic E-state index is 12.2. The van der Waals surface area contributed by atoms with Crippen molar-refractivity contribution < 1.29 is 19.1 Å². The van der Waals surface area contributed by atoms with Crippen molar-refractivity contribution in [1.82, 2.24) is 10.6 Å². The summed E-state index contributed by atoms with van der Waals surface area (Å²) < 4.78 is 10.8. The first kappa shape index (κ1) is 22.8. The Kier molecular flexibility index (Phi) is 8.13. The number of benzene rings is 1. The fourth-order valence-electron chi connectivity index (χ4n) is 2.56. The minimum absolute atomic E-state index is 0.0931. The lowest BCUT2D eigenvalue weighted by Crippen LogP contribution is -2.47. The van der Waals surface area contributed by atoms with Gasteiger partial charge in [0.2, 0.25) is 0 Å². The number of rotatable bonds is 8. The predicted molar refractivity (Wildman–Crippen MR) is 107 cm³/mol. The SMILES string of the molecule is CCCC(NC(=O)NC(C)(C)C)c1ccc(OC(C)(C)C(=O)OCC)cc1. The predicted octanol–water partition coefficient (Wildman–Crippen LogP) is 4.35. The first-order chi connectivity index (χ1) is 12.5. The summed E-state index contributed by atoms with van der Waals surface area (Å²) in [5.41, 5.74) is -0.371. The molecule has 0 saturated carbocycles. The highest BCUT2D eigenvalue weighted by atomic mass is 16.6. The van der Waals surface area contributed by atoms with Crippen LogP contribution in [-0.2, 0) is 9.53 Å². The van der Waals surface area contributed by atoms with Gasteiger partial charge in [0.15, 0.2) is 5.60 Å². The van der Waals surface area contributed by atoms with E-state index in [0.29, 0.717) is 12.4 Å². The number of amides is 2. The monoisotopic (exact) mass is 378 g/mol. The molecule has 0 spiro atoms. The van der Waals surface area contributed by atoms with E-state index in [1.165, 1.54) is 0 Å². The fourth-order valence-corrected chi connectivity index (χ4v) is 2.56. The Morgan fingerprint density at radius 1 is 1.04 bits per heavy atom. The summed E-state index contributed by atoms with van der Waals surface area (Å²) in [7, 11) is 0. The van der Waals surface area contributed by atoms with Gasteiger partial charge in [-0.25, -0.2) is 9.59 Å². The first-order valence-corrected chi connectivity index (χ1v) is 9.53. The maximum absolute atomic E-state index is 12.2. The molecule has 6 heteroatoms. The fraction of sp³-hybridized carbons (Fsp3) is 0.619. The molecule has 152 valence electrons. The number of hydrogen-bond donors (Lipinski definition) is 2. The van der Waals surface area contributed by atoms with Crippen molar-refractivity contribution in [3.05, 3.63) is 29.8 Å². The van der Waals surface area contributed by atoms with E-state index in [-0.39, 0.29) is 17.6 Å². The number of carbonyl (C=O) groups excluding carboxylic acids is 2. The van der Waals surface area contributed by atoms with Gasteiger partial charge >= 0.3 is 12.0 Å². The lowest BCUT2D eigenvalue weighted by atomic mass is 10.0. The lowest BCUT2D eigenvalue weighted by Gasteiger charge is -2.26. The Labute approximate surface area is 163 Å². The zero-order chi connectivity index (χ0) is 20.7. The van der Waals surface area contributed by atoms with Gasteiger partial charge in [0.05, 0.1) is 12.6 Å². The van der Waals surface area contributed by atoms with Crippen LogP contribution in [0.25, 0.3) is 0 Å². The summed E-state index contributed by atoms with van der Waals surface area (Å²) in [6.07, 6.45) is 1.76. The molecule has 1 aromatic carbocycles. The lowest BCUT2D eigenvalue weighted by molar-refractivity contribution is -0.158. The third kappa shape index (κ3) is 7.89. The molecule has 2 amide bonds. The van der Waals surface area contributed by atoms with Gasteiger partial charge in [0.25, 0.3) is 0 Å². The first-order valence-electron chi connectivity index (χ1n) is 9.53. The highest BCUT2D eigenvalue weighted by Crippen LogP contribution is 2.24. The summed E-state index contributed by atoms with van der Waals surface area (Å²) in [6, 6.07) is 7.15. The van der Waals surface area contributed by atoms with E-state index in [9.17, 15) is 9.59 Å². The molecule has 2 N–H and O–H groups in total. The average Bonchev–Trinajstić information content (AvgIpc) is 2.53. The molecule has 0 radical (unpaired) electrons. The van der Waals surface area contributed by atoms with Crippen molar-refractivity contribution >= 4 is 12.0 Å². The standard InChI is InChI=1S/C21H34N2O4/c1-8-10-17(22-19(25)23-20(3,4)5)15-11-13-16(14-12-15)27-21(6,7)18(24)26-9-2/h11-14,17H,8-10H2,1-7H3,(H2,22,23,25). The molecule has 0 bridgehead atoms. The van der Waals surface area contributed by atoms with Gasteiger partial charge in [-0.15, -0.1) is 0 Å². The highest BCUT2D eigenvalue weighted by molar-refractivity contribution is 5.79. The topological polar surface area (TPSA) is 76.7 Å². The van der Waals surface area contributed by atoms with Gasteiger partial charge in [0.1, 0.15) is 5.75 Å². The second-order valence-electron chi connectivity index (χ2n) is 8.09. The van der Waals surface area contributed by atoms with Gasteiger partial charge in [-0.05, 0) is 65.7 Å². The molecule has 1 rings (SSSR count). The molecule has 1 atom stereocenters. The van der Waals surface area contributed by atoms with Gasteiger partial charge in [-0.3, -0.25) is 0 Å². The molecular weight excluding hydrogens is 344 g/mol. The van der Waals surface area contributed by atoms with E-state index in [1.54, 1.807) is 20.8 Å². The normalized spacial score (nSPS) is 12.9. The van der Waals surface area contributed by atoms with Gasteiger partial charge in [-0.1, -0.05) is 25.5 Å². The highest BCUT2D eigenvalue weighted by Gasteiger charge is 2.31. The second-order valence-corrected chi connectivity index (χ2v) is 8.09. The number of carbonyl (C=O) groups is 2. The third-order valence-corrected chi connectivity index (χ3v) is 3.79. The molecule has 1 aromatic rings. The van der Waals surface area contributed by atoms with E-state index >= 15 is 0 Å². The Bertz CT molecular complexity index is 618. The van der Waals surface area contributed by atoms with Crippen LogP contribution >= 0.6 is 0 Å². The molecule has 0 aliphatic heterocycles. The number of urea groups is 1. The zero-order valence-electron chi connectivity index (χ0n) is 17.6. The molecule has 0 aliphatic rings. The Morgan fingerprint density at radius 3 is 2.11 bits per heavy atom. The van der Waals surface area contributed by atoms with Crippen molar-refractivity contribution in [3.8, 4) is 5.75 Å². The maximum Gasteiger partial charge on any atom is 0.349 e. The Hall–Kier alpha value is -2.24. The molecule has 6 nitrogen and oxygen atoms in total. The van der Waals surface area contributed by atoms with Crippen LogP contribution in [0.4, 0.5) is 4.79 Å². The van der Waals surface area contributed by atoms with E-state index in [1.807, 2.05) is 45.0 Å². The molecule has 1 unspecified atom stereocenters. The molecule has 0 saturated heterocycles. The minimum atomic E-state index is -1.06. The molecule has 0 fully saturated rings. The number of nitrogens with one attached hydrogen (secondary N) is 2. The van der Waals surface area contributed by atoms with Crippen molar-refractivity contribution in [2.45, 2.75) is 78.5 Å². The van der Waals surface area contributed by atoms with Crippen molar-refractivity contribution in [3.63, 3.8) is 0 Å². The van der Waals surface area contributed by atoms with E-state index < -0.39 is 11.6 Å². The van der Waals surface area contributed by atoms with Gasteiger partial charge < -0.3 is 20.1 Å². The third-order valence-electron chi connectivity index (χ3n) is 3.79. The number of esters is 1. The Balaban J connectivity index is 2.84. The number of hydrogen-bond acceptors (Lipinski definition) is 4. The second kappa shape index (κ2) is 9.62. The smallest absolute Gasteiger partial charge is 0.349 e. The van der Waals surface area contributed by atoms with Crippen LogP contribution in [0.5, 0.6) is 5.75 Å². The van der Waals surface area contributed by atoms with Gasteiger partial charge in [-0.2, -0.15) is 0 Å². The molecule has 0 aliphatic carbocycles. The van der Waals surface area contributed by atoms with Crippen LogP contribution in [0, 0.1) is 0 Å². The van der Waals surface area contributed by atoms with Crippen LogP contribution in [0.1, 0.15) is 72.9 Å². The Morgan fingerprint density at radius 2 is 1.63 bits per heavy atom. The number of ether oxygens (including phenoxy) is 2. The summed E-state index contributed by atoms with van der Waals surface area (Å²) >= 11 is 0. The average molecular weight is 379 g/mol. The molecule has 27 heavy (non-hydrogen) atoms. The van der Waals surface area contributed by atoms with E-state index in [2.05, 4.69) is 17.6 Å². The van der Waals surface area contributed by atoms with E-state index in [4.69, 9.17) is 9.47 Å².